The number of rotatable bonds is 6. The molecule has 2 aliphatic rings. The van der Waals surface area contributed by atoms with Crippen LogP contribution in [0.3, 0.4) is 0 Å². The van der Waals surface area contributed by atoms with Gasteiger partial charge in [0, 0.05) is 38.8 Å². The van der Waals surface area contributed by atoms with Crippen molar-refractivity contribution in [2.75, 3.05) is 19.6 Å². The largest absolute Gasteiger partial charge is 0.419 e. The van der Waals surface area contributed by atoms with Gasteiger partial charge < -0.3 is 9.32 Å². The van der Waals surface area contributed by atoms with Crippen molar-refractivity contribution in [1.82, 2.24) is 13.8 Å². The van der Waals surface area contributed by atoms with E-state index in [9.17, 15) is 18.0 Å². The van der Waals surface area contributed by atoms with Gasteiger partial charge in [-0.15, -0.1) is 6.58 Å². The molecular weight excluding hydrogens is 430 g/mol. The van der Waals surface area contributed by atoms with E-state index in [1.807, 2.05) is 4.90 Å². The average molecular weight is 462 g/mol. The highest BCUT2D eigenvalue weighted by Gasteiger charge is 2.37. The number of hydrogen-bond donors (Lipinski definition) is 0. The fraction of sp³-hybridized carbons (Fsp3) is 0.565. The molecule has 1 atom stereocenters. The summed E-state index contributed by atoms with van der Waals surface area (Å²) in [4.78, 5) is 27.2. The maximum atomic E-state index is 13.4. The van der Waals surface area contributed by atoms with E-state index in [1.54, 1.807) is 19.2 Å². The highest BCUT2D eigenvalue weighted by molar-refractivity contribution is 7.89. The lowest BCUT2D eigenvalue weighted by molar-refractivity contribution is -0.139. The van der Waals surface area contributed by atoms with Crippen LogP contribution in [0.15, 0.2) is 45.0 Å². The SMILES string of the molecule is C=CCN(C(=O)[C@H]1CCCN(S(=O)(=O)c2ccc3c(c2)oc(=O)n3C)C1)C1CCCCC1. The minimum atomic E-state index is -3.82. The Kier molecular flexibility index (Phi) is 6.57. The second-order valence-corrected chi connectivity index (χ2v) is 10.8. The Hall–Kier alpha value is -2.39. The molecule has 1 saturated heterocycles. The minimum absolute atomic E-state index is 0.0289. The molecule has 4 rings (SSSR count). The minimum Gasteiger partial charge on any atom is -0.408 e. The van der Waals surface area contributed by atoms with Crippen LogP contribution in [0.4, 0.5) is 0 Å². The zero-order valence-corrected chi connectivity index (χ0v) is 19.3. The van der Waals surface area contributed by atoms with Crippen LogP contribution in [0.1, 0.15) is 44.9 Å². The van der Waals surface area contributed by atoms with Crippen molar-refractivity contribution in [3.05, 3.63) is 41.4 Å². The van der Waals surface area contributed by atoms with Crippen LogP contribution in [0.25, 0.3) is 11.1 Å². The zero-order valence-electron chi connectivity index (χ0n) is 18.5. The number of amides is 1. The van der Waals surface area contributed by atoms with E-state index in [2.05, 4.69) is 6.58 Å². The quantitative estimate of drug-likeness (QED) is 0.617. The molecule has 1 amide bonds. The molecule has 2 fully saturated rings. The molecule has 1 saturated carbocycles. The first-order chi connectivity index (χ1) is 15.3. The molecule has 0 unspecified atom stereocenters. The molecule has 2 aromatic rings. The van der Waals surface area contributed by atoms with Gasteiger partial charge in [-0.05, 0) is 37.8 Å². The van der Waals surface area contributed by atoms with Crippen molar-refractivity contribution < 1.29 is 17.6 Å². The van der Waals surface area contributed by atoms with Gasteiger partial charge in [0.2, 0.25) is 15.9 Å². The van der Waals surface area contributed by atoms with Crippen LogP contribution in [0.5, 0.6) is 0 Å². The van der Waals surface area contributed by atoms with Gasteiger partial charge in [0.05, 0.1) is 16.3 Å². The molecule has 2 heterocycles. The number of sulfonamides is 1. The van der Waals surface area contributed by atoms with Crippen LogP contribution < -0.4 is 5.76 Å². The lowest BCUT2D eigenvalue weighted by Gasteiger charge is -2.38. The Morgan fingerprint density at radius 1 is 1.22 bits per heavy atom. The summed E-state index contributed by atoms with van der Waals surface area (Å²) >= 11 is 0. The zero-order chi connectivity index (χ0) is 22.9. The average Bonchev–Trinajstić information content (AvgIpc) is 3.10. The monoisotopic (exact) mass is 461 g/mol. The highest BCUT2D eigenvalue weighted by Crippen LogP contribution is 2.29. The van der Waals surface area contributed by atoms with Gasteiger partial charge in [-0.2, -0.15) is 4.31 Å². The molecule has 0 bridgehead atoms. The first kappa shape index (κ1) is 22.8. The third kappa shape index (κ3) is 4.28. The van der Waals surface area contributed by atoms with E-state index < -0.39 is 15.8 Å². The lowest BCUT2D eigenvalue weighted by Crippen LogP contribution is -2.50. The molecule has 0 N–H and O–H groups in total. The lowest BCUT2D eigenvalue weighted by atomic mass is 9.91. The summed E-state index contributed by atoms with van der Waals surface area (Å²) in [5, 5.41) is 0. The molecule has 174 valence electrons. The predicted molar refractivity (Wildman–Crippen MR) is 122 cm³/mol. The number of aromatic nitrogens is 1. The van der Waals surface area contributed by atoms with Gasteiger partial charge in [-0.1, -0.05) is 25.3 Å². The normalized spacial score (nSPS) is 21.0. The van der Waals surface area contributed by atoms with Gasteiger partial charge in [-0.25, -0.2) is 13.2 Å². The molecule has 1 aromatic carbocycles. The number of piperidine rings is 1. The van der Waals surface area contributed by atoms with E-state index in [0.29, 0.717) is 31.4 Å². The molecule has 1 aliphatic heterocycles. The Morgan fingerprint density at radius 3 is 2.69 bits per heavy atom. The Labute approximate surface area is 188 Å². The second-order valence-electron chi connectivity index (χ2n) is 8.83. The summed E-state index contributed by atoms with van der Waals surface area (Å²) in [7, 11) is -2.24. The molecule has 32 heavy (non-hydrogen) atoms. The molecule has 1 aliphatic carbocycles. The number of hydrogen-bond acceptors (Lipinski definition) is 5. The van der Waals surface area contributed by atoms with Crippen LogP contribution >= 0.6 is 0 Å². The predicted octanol–water partition coefficient (Wildman–Crippen LogP) is 2.88. The molecule has 1 aromatic heterocycles. The maximum absolute atomic E-state index is 13.4. The third-order valence-electron chi connectivity index (χ3n) is 6.76. The van der Waals surface area contributed by atoms with Crippen molar-refractivity contribution in [1.29, 1.82) is 0 Å². The van der Waals surface area contributed by atoms with Crippen LogP contribution in [0, 0.1) is 5.92 Å². The number of carbonyl (C=O) groups is 1. The maximum Gasteiger partial charge on any atom is 0.419 e. The van der Waals surface area contributed by atoms with Gasteiger partial charge in [0.1, 0.15) is 0 Å². The van der Waals surface area contributed by atoms with Crippen molar-refractivity contribution in [2.45, 2.75) is 55.9 Å². The topological polar surface area (TPSA) is 92.8 Å². The highest BCUT2D eigenvalue weighted by atomic mass is 32.2. The second kappa shape index (κ2) is 9.23. The van der Waals surface area contributed by atoms with Gasteiger partial charge in [0.25, 0.3) is 0 Å². The van der Waals surface area contributed by atoms with Gasteiger partial charge in [0.15, 0.2) is 5.58 Å². The van der Waals surface area contributed by atoms with Crippen molar-refractivity contribution >= 4 is 27.0 Å². The summed E-state index contributed by atoms with van der Waals surface area (Å²) in [5.74, 6) is -0.872. The van der Waals surface area contributed by atoms with E-state index in [1.165, 1.54) is 27.4 Å². The number of benzene rings is 1. The van der Waals surface area contributed by atoms with E-state index in [0.717, 1.165) is 25.7 Å². The first-order valence-electron chi connectivity index (χ1n) is 11.3. The number of oxazole rings is 1. The summed E-state index contributed by atoms with van der Waals surface area (Å²) in [6.07, 6.45) is 8.50. The third-order valence-corrected chi connectivity index (χ3v) is 8.62. The van der Waals surface area contributed by atoms with Crippen molar-refractivity contribution in [3.63, 3.8) is 0 Å². The molecule has 0 radical (unpaired) electrons. The van der Waals surface area contributed by atoms with Crippen molar-refractivity contribution in [3.8, 4) is 0 Å². The smallest absolute Gasteiger partial charge is 0.408 e. The molecule has 9 heteroatoms. The molecular formula is C23H31N3O5S. The van der Waals surface area contributed by atoms with Crippen LogP contribution in [-0.4, -0.2) is 53.8 Å². The van der Waals surface area contributed by atoms with E-state index >= 15 is 0 Å². The first-order valence-corrected chi connectivity index (χ1v) is 12.8. The summed E-state index contributed by atoms with van der Waals surface area (Å²) in [6, 6.07) is 4.67. The molecule has 0 spiro atoms. The Morgan fingerprint density at radius 2 is 1.97 bits per heavy atom. The number of aryl methyl sites for hydroxylation is 1. The Balaban J connectivity index is 1.55. The fourth-order valence-corrected chi connectivity index (χ4v) is 6.51. The van der Waals surface area contributed by atoms with E-state index in [-0.39, 0.29) is 34.9 Å². The van der Waals surface area contributed by atoms with Gasteiger partial charge in [-0.3, -0.25) is 9.36 Å². The molecule has 8 nitrogen and oxygen atoms in total. The van der Waals surface area contributed by atoms with Crippen molar-refractivity contribution in [2.24, 2.45) is 13.0 Å². The fourth-order valence-electron chi connectivity index (χ4n) is 4.97. The summed E-state index contributed by atoms with van der Waals surface area (Å²) < 4.78 is 34.6. The number of carbonyl (C=O) groups excluding carboxylic acids is 1. The van der Waals surface area contributed by atoms with Crippen LogP contribution in [0.2, 0.25) is 0 Å². The van der Waals surface area contributed by atoms with Crippen LogP contribution in [-0.2, 0) is 21.9 Å². The van der Waals surface area contributed by atoms with Gasteiger partial charge >= 0.3 is 5.76 Å². The summed E-state index contributed by atoms with van der Waals surface area (Å²) in [6.45, 7) is 4.85. The van der Waals surface area contributed by atoms with E-state index in [4.69, 9.17) is 4.42 Å². The standard InChI is InChI=1S/C23H31N3O5S/c1-3-13-26(18-9-5-4-6-10-18)22(27)17-8-7-14-25(16-17)32(29,30)19-11-12-20-21(15-19)31-23(28)24(20)2/h3,11-12,15,17-18H,1,4-10,13-14,16H2,2H3/t17-/m0/s1. The Bertz CT molecular complexity index is 1160. The number of fused-ring (bicyclic) bond motifs is 1. The summed E-state index contributed by atoms with van der Waals surface area (Å²) in [5.41, 5.74) is 0.769. The number of nitrogens with zero attached hydrogens (tertiary/aromatic N) is 3.